The molecule has 2 N–H and O–H groups in total. The summed E-state index contributed by atoms with van der Waals surface area (Å²) in [5.41, 5.74) is 0.551. The Hall–Kier alpha value is -2.09. The minimum absolute atomic E-state index is 0.00328. The van der Waals surface area contributed by atoms with E-state index in [1.807, 2.05) is 17.5 Å². The molecule has 2 heterocycles. The summed E-state index contributed by atoms with van der Waals surface area (Å²) in [5.74, 6) is -2.84. The van der Waals surface area contributed by atoms with Gasteiger partial charge in [0.1, 0.15) is 0 Å². The number of amides is 2. The molecule has 0 aliphatic carbocycles. The van der Waals surface area contributed by atoms with Gasteiger partial charge in [-0.2, -0.15) is 0 Å². The molecule has 25 heavy (non-hydrogen) atoms. The zero-order valence-electron chi connectivity index (χ0n) is 13.3. The third-order valence-electron chi connectivity index (χ3n) is 3.86. The summed E-state index contributed by atoms with van der Waals surface area (Å²) in [6, 6.07) is 10.6. The summed E-state index contributed by atoms with van der Waals surface area (Å²) in [7, 11) is 0. The molecule has 1 saturated heterocycles. The number of aliphatic hydroxyl groups is 1. The number of carbonyl (C=O) groups is 2. The summed E-state index contributed by atoms with van der Waals surface area (Å²) in [5, 5.41) is 15.4. The maximum absolute atomic E-state index is 12.5. The molecule has 8 heteroatoms. The van der Waals surface area contributed by atoms with Crippen molar-refractivity contribution < 1.29 is 19.4 Å². The molecule has 1 atom stereocenters. The maximum atomic E-state index is 12.5. The molecule has 0 bridgehead atoms. The SMILES string of the molecule is O=C(NCCc1cccs1)O[C@]1(O)CCN(c2cccc(Cl)c2)C1=O. The van der Waals surface area contributed by atoms with Gasteiger partial charge in [0.2, 0.25) is 0 Å². The Morgan fingerprint density at radius 3 is 2.96 bits per heavy atom. The van der Waals surface area contributed by atoms with Crippen molar-refractivity contribution in [3.63, 3.8) is 0 Å². The number of alkyl carbamates (subject to hydrolysis) is 1. The summed E-state index contributed by atoms with van der Waals surface area (Å²) in [4.78, 5) is 26.8. The molecular formula is C17H17ClN2O4S. The highest BCUT2D eigenvalue weighted by Crippen LogP contribution is 2.30. The van der Waals surface area contributed by atoms with Crippen LogP contribution in [-0.4, -0.2) is 36.0 Å². The number of nitrogens with zero attached hydrogens (tertiary/aromatic N) is 1. The number of nitrogens with one attached hydrogen (secondary N) is 1. The zero-order chi connectivity index (χ0) is 17.9. The van der Waals surface area contributed by atoms with Gasteiger partial charge in [0, 0.05) is 35.1 Å². The van der Waals surface area contributed by atoms with Gasteiger partial charge >= 0.3 is 6.09 Å². The van der Waals surface area contributed by atoms with Crippen molar-refractivity contribution >= 4 is 40.6 Å². The summed E-state index contributed by atoms with van der Waals surface area (Å²) < 4.78 is 5.00. The number of ether oxygens (including phenoxy) is 1. The number of hydrogen-bond donors (Lipinski definition) is 2. The maximum Gasteiger partial charge on any atom is 0.410 e. The zero-order valence-corrected chi connectivity index (χ0v) is 14.8. The van der Waals surface area contributed by atoms with Crippen molar-refractivity contribution in [2.45, 2.75) is 18.6 Å². The van der Waals surface area contributed by atoms with Gasteiger partial charge in [-0.3, -0.25) is 4.79 Å². The quantitative estimate of drug-likeness (QED) is 0.782. The monoisotopic (exact) mass is 380 g/mol. The summed E-state index contributed by atoms with van der Waals surface area (Å²) in [6.07, 6.45) is -0.162. The van der Waals surface area contributed by atoms with Crippen LogP contribution >= 0.6 is 22.9 Å². The molecule has 3 rings (SSSR count). The van der Waals surface area contributed by atoms with Crippen LogP contribution in [0, 0.1) is 0 Å². The van der Waals surface area contributed by atoms with Gasteiger partial charge in [-0.15, -0.1) is 11.3 Å². The lowest BCUT2D eigenvalue weighted by molar-refractivity contribution is -0.175. The van der Waals surface area contributed by atoms with Gasteiger partial charge in [-0.1, -0.05) is 23.7 Å². The fourth-order valence-corrected chi connectivity index (χ4v) is 3.49. The number of halogens is 1. The van der Waals surface area contributed by atoms with Crippen molar-refractivity contribution in [3.05, 3.63) is 51.7 Å². The number of thiophene rings is 1. The van der Waals surface area contributed by atoms with Crippen LogP contribution in [0.25, 0.3) is 0 Å². The fraction of sp³-hybridized carbons (Fsp3) is 0.294. The van der Waals surface area contributed by atoms with Gasteiger partial charge in [-0.05, 0) is 36.1 Å². The van der Waals surface area contributed by atoms with Crippen LogP contribution in [0.3, 0.4) is 0 Å². The lowest BCUT2D eigenvalue weighted by Gasteiger charge is -2.22. The van der Waals surface area contributed by atoms with E-state index in [-0.39, 0.29) is 13.0 Å². The van der Waals surface area contributed by atoms with E-state index >= 15 is 0 Å². The van der Waals surface area contributed by atoms with E-state index < -0.39 is 17.8 Å². The molecule has 0 spiro atoms. The molecule has 1 aliphatic rings. The number of hydrogen-bond acceptors (Lipinski definition) is 5. The van der Waals surface area contributed by atoms with Crippen LogP contribution in [0.15, 0.2) is 41.8 Å². The highest BCUT2D eigenvalue weighted by atomic mass is 35.5. The third kappa shape index (κ3) is 4.12. The van der Waals surface area contributed by atoms with Crippen molar-refractivity contribution in [2.75, 3.05) is 18.0 Å². The molecule has 2 amide bonds. The van der Waals surface area contributed by atoms with Crippen LogP contribution in [-0.2, 0) is 16.0 Å². The highest BCUT2D eigenvalue weighted by molar-refractivity contribution is 7.09. The fourth-order valence-electron chi connectivity index (χ4n) is 2.60. The molecule has 6 nitrogen and oxygen atoms in total. The Kier molecular flexibility index (Phi) is 5.27. The first-order valence-electron chi connectivity index (χ1n) is 7.77. The minimum atomic E-state index is -2.16. The normalized spacial score (nSPS) is 19.9. The van der Waals surface area contributed by atoms with Crippen molar-refractivity contribution in [3.8, 4) is 0 Å². The summed E-state index contributed by atoms with van der Waals surface area (Å²) in [6.45, 7) is 0.597. The number of benzene rings is 1. The molecule has 0 radical (unpaired) electrons. The van der Waals surface area contributed by atoms with E-state index in [2.05, 4.69) is 5.32 Å². The number of rotatable bonds is 5. The van der Waals surface area contributed by atoms with E-state index in [9.17, 15) is 14.7 Å². The first kappa shape index (κ1) is 17.7. The first-order valence-corrected chi connectivity index (χ1v) is 9.03. The topological polar surface area (TPSA) is 78.9 Å². The summed E-state index contributed by atoms with van der Waals surface area (Å²) >= 11 is 7.52. The van der Waals surface area contributed by atoms with Gasteiger partial charge in [0.15, 0.2) is 0 Å². The van der Waals surface area contributed by atoms with Crippen molar-refractivity contribution in [1.82, 2.24) is 5.32 Å². The Morgan fingerprint density at radius 1 is 1.40 bits per heavy atom. The van der Waals surface area contributed by atoms with Crippen LogP contribution < -0.4 is 10.2 Å². The third-order valence-corrected chi connectivity index (χ3v) is 5.03. The molecule has 0 saturated carbocycles. The van der Waals surface area contributed by atoms with Crippen molar-refractivity contribution in [1.29, 1.82) is 0 Å². The average Bonchev–Trinajstić information content (AvgIpc) is 3.17. The molecule has 1 aromatic heterocycles. The predicted molar refractivity (Wildman–Crippen MR) is 95.9 cm³/mol. The van der Waals surface area contributed by atoms with Crippen molar-refractivity contribution in [2.24, 2.45) is 0 Å². The standard InChI is InChI=1S/C17H17ClN2O4S/c18-12-3-1-4-13(11-12)20-9-7-17(23,15(20)21)24-16(22)19-8-6-14-5-2-10-25-14/h1-5,10-11,23H,6-9H2,(H,19,22)/t17-/m1/s1. The smallest absolute Gasteiger partial charge is 0.407 e. The Balaban J connectivity index is 1.56. The Morgan fingerprint density at radius 2 is 2.24 bits per heavy atom. The van der Waals surface area contributed by atoms with E-state index in [1.54, 1.807) is 35.6 Å². The van der Waals surface area contributed by atoms with E-state index in [0.29, 0.717) is 23.7 Å². The van der Waals surface area contributed by atoms with E-state index in [1.165, 1.54) is 4.90 Å². The van der Waals surface area contributed by atoms with Crippen LogP contribution in [0.5, 0.6) is 0 Å². The molecule has 1 aliphatic heterocycles. The first-order chi connectivity index (χ1) is 12.0. The van der Waals surface area contributed by atoms with Crippen LogP contribution in [0.1, 0.15) is 11.3 Å². The second-order valence-corrected chi connectivity index (χ2v) is 7.09. The second kappa shape index (κ2) is 7.43. The second-order valence-electron chi connectivity index (χ2n) is 5.62. The molecular weight excluding hydrogens is 364 g/mol. The predicted octanol–water partition coefficient (Wildman–Crippen LogP) is 2.80. The van der Waals surface area contributed by atoms with E-state index in [0.717, 1.165) is 4.88 Å². The van der Waals surface area contributed by atoms with Crippen LogP contribution in [0.4, 0.5) is 10.5 Å². The number of carbonyl (C=O) groups excluding carboxylic acids is 2. The Bertz CT molecular complexity index is 768. The molecule has 1 aromatic carbocycles. The van der Waals surface area contributed by atoms with Gasteiger partial charge < -0.3 is 20.1 Å². The lowest BCUT2D eigenvalue weighted by atomic mass is 10.2. The molecule has 0 unspecified atom stereocenters. The number of anilines is 1. The molecule has 1 fully saturated rings. The minimum Gasteiger partial charge on any atom is -0.407 e. The lowest BCUT2D eigenvalue weighted by Crippen LogP contribution is -2.46. The van der Waals surface area contributed by atoms with Crippen LogP contribution in [0.2, 0.25) is 5.02 Å². The molecule has 2 aromatic rings. The van der Waals surface area contributed by atoms with E-state index in [4.69, 9.17) is 16.3 Å². The van der Waals surface area contributed by atoms with Gasteiger partial charge in [0.25, 0.3) is 11.7 Å². The Labute approximate surface area is 154 Å². The largest absolute Gasteiger partial charge is 0.410 e. The van der Waals surface area contributed by atoms with Gasteiger partial charge in [0.05, 0.1) is 0 Å². The van der Waals surface area contributed by atoms with Gasteiger partial charge in [-0.25, -0.2) is 4.79 Å². The highest BCUT2D eigenvalue weighted by Gasteiger charge is 2.49. The molecule has 132 valence electrons. The average molecular weight is 381 g/mol.